The predicted octanol–water partition coefficient (Wildman–Crippen LogP) is 3.16. The summed E-state index contributed by atoms with van der Waals surface area (Å²) in [5, 5.41) is 0. The quantitative estimate of drug-likeness (QED) is 0.803. The highest BCUT2D eigenvalue weighted by molar-refractivity contribution is 6.01. The van der Waals surface area contributed by atoms with E-state index >= 15 is 0 Å². The summed E-state index contributed by atoms with van der Waals surface area (Å²) < 4.78 is 10.4. The van der Waals surface area contributed by atoms with Gasteiger partial charge in [0.15, 0.2) is 6.10 Å². The minimum absolute atomic E-state index is 0.104. The first-order chi connectivity index (χ1) is 12.0. The highest BCUT2D eigenvalue weighted by atomic mass is 16.5. The van der Waals surface area contributed by atoms with Gasteiger partial charge in [-0.05, 0) is 37.1 Å². The molecule has 0 fully saturated rings. The number of fused-ring (bicyclic) bond motifs is 1. The monoisotopic (exact) mass is 339 g/mol. The van der Waals surface area contributed by atoms with Crippen LogP contribution in [0.3, 0.4) is 0 Å². The number of amides is 1. The molecule has 3 rings (SSSR count). The summed E-state index contributed by atoms with van der Waals surface area (Å²) in [5.74, 6) is -0.103. The van der Waals surface area contributed by atoms with Gasteiger partial charge in [-0.3, -0.25) is 9.59 Å². The van der Waals surface area contributed by atoms with Crippen LogP contribution in [0.15, 0.2) is 42.5 Å². The Hall–Kier alpha value is -2.82. The Kier molecular flexibility index (Phi) is 4.74. The lowest BCUT2D eigenvalue weighted by atomic mass is 10.0. The molecule has 1 heterocycles. The van der Waals surface area contributed by atoms with Gasteiger partial charge in [0.1, 0.15) is 5.75 Å². The van der Waals surface area contributed by atoms with Crippen molar-refractivity contribution in [1.29, 1.82) is 0 Å². The third kappa shape index (κ3) is 3.50. The van der Waals surface area contributed by atoms with E-state index in [0.717, 1.165) is 11.1 Å². The first-order valence-corrected chi connectivity index (χ1v) is 8.19. The van der Waals surface area contributed by atoms with E-state index in [2.05, 4.69) is 10.8 Å². The number of anilines is 1. The Labute approximate surface area is 147 Å². The minimum atomic E-state index is -0.867. The lowest BCUT2D eigenvalue weighted by Crippen LogP contribution is -2.46. The molecule has 2 aromatic rings. The Bertz CT molecular complexity index is 815. The van der Waals surface area contributed by atoms with E-state index in [0.29, 0.717) is 18.0 Å². The zero-order valence-corrected chi connectivity index (χ0v) is 14.6. The van der Waals surface area contributed by atoms with Crippen LogP contribution in [0.1, 0.15) is 23.1 Å². The summed E-state index contributed by atoms with van der Waals surface area (Å²) >= 11 is 0. The van der Waals surface area contributed by atoms with Crippen LogP contribution < -0.4 is 9.64 Å². The Morgan fingerprint density at radius 3 is 2.68 bits per heavy atom. The molecule has 2 aromatic carbocycles. The van der Waals surface area contributed by atoms with Gasteiger partial charge in [0, 0.05) is 0 Å². The fourth-order valence-corrected chi connectivity index (χ4v) is 3.00. The van der Waals surface area contributed by atoms with Gasteiger partial charge in [0.05, 0.1) is 25.8 Å². The van der Waals surface area contributed by atoms with Gasteiger partial charge in [-0.15, -0.1) is 0 Å². The second kappa shape index (κ2) is 6.97. The van der Waals surface area contributed by atoms with Crippen molar-refractivity contribution in [3.05, 3.63) is 59.2 Å². The summed E-state index contributed by atoms with van der Waals surface area (Å²) in [4.78, 5) is 26.2. The smallest absolute Gasteiger partial charge is 0.309 e. The van der Waals surface area contributed by atoms with Gasteiger partial charge in [-0.1, -0.05) is 35.9 Å². The van der Waals surface area contributed by atoms with Crippen molar-refractivity contribution in [2.24, 2.45) is 0 Å². The number of ether oxygens (including phenoxy) is 2. The summed E-state index contributed by atoms with van der Waals surface area (Å²) in [6.07, 6.45) is -0.972. The number of esters is 1. The highest BCUT2D eigenvalue weighted by Gasteiger charge is 2.36. The van der Waals surface area contributed by atoms with Gasteiger partial charge in [-0.25, -0.2) is 0 Å². The molecule has 0 aliphatic carbocycles. The van der Waals surface area contributed by atoms with Gasteiger partial charge < -0.3 is 14.4 Å². The van der Waals surface area contributed by atoms with Crippen molar-refractivity contribution in [2.75, 3.05) is 12.0 Å². The summed E-state index contributed by atoms with van der Waals surface area (Å²) in [5.41, 5.74) is 4.08. The number of para-hydroxylation sites is 2. The third-order valence-electron chi connectivity index (χ3n) is 4.37. The Morgan fingerprint density at radius 1 is 1.20 bits per heavy atom. The second-order valence-corrected chi connectivity index (χ2v) is 6.21. The first kappa shape index (κ1) is 17.0. The van der Waals surface area contributed by atoms with Crippen molar-refractivity contribution in [3.63, 3.8) is 0 Å². The van der Waals surface area contributed by atoms with Crippen LogP contribution in [0.5, 0.6) is 5.75 Å². The molecule has 5 nitrogen and oxygen atoms in total. The molecule has 0 saturated carbocycles. The van der Waals surface area contributed by atoms with E-state index in [4.69, 9.17) is 4.74 Å². The lowest BCUT2D eigenvalue weighted by molar-refractivity contribution is -0.145. The average Bonchev–Trinajstić information content (AvgIpc) is 2.60. The molecule has 0 radical (unpaired) electrons. The van der Waals surface area contributed by atoms with Crippen molar-refractivity contribution in [3.8, 4) is 5.75 Å². The van der Waals surface area contributed by atoms with E-state index < -0.39 is 12.1 Å². The number of methoxy groups -OCH3 is 1. The second-order valence-electron chi connectivity index (χ2n) is 6.21. The predicted molar refractivity (Wildman–Crippen MR) is 94.6 cm³/mol. The zero-order valence-electron chi connectivity index (χ0n) is 14.6. The van der Waals surface area contributed by atoms with E-state index in [1.54, 1.807) is 11.0 Å². The van der Waals surface area contributed by atoms with E-state index in [9.17, 15) is 9.59 Å². The van der Waals surface area contributed by atoms with Crippen LogP contribution in [0.2, 0.25) is 0 Å². The molecule has 0 spiro atoms. The van der Waals surface area contributed by atoms with Crippen molar-refractivity contribution in [1.82, 2.24) is 0 Å². The zero-order chi connectivity index (χ0) is 18.0. The summed E-state index contributed by atoms with van der Waals surface area (Å²) in [6, 6.07) is 13.5. The Morgan fingerprint density at radius 2 is 1.96 bits per heavy atom. The highest BCUT2D eigenvalue weighted by Crippen LogP contribution is 2.35. The molecule has 0 N–H and O–H groups in total. The maximum absolute atomic E-state index is 12.9. The molecule has 0 bridgehead atoms. The van der Waals surface area contributed by atoms with Crippen LogP contribution in [0, 0.1) is 13.8 Å². The van der Waals surface area contributed by atoms with Gasteiger partial charge in [0.25, 0.3) is 5.91 Å². The topological polar surface area (TPSA) is 55.8 Å². The largest absolute Gasteiger partial charge is 0.478 e. The molecular formula is C20H21NO4. The summed E-state index contributed by atoms with van der Waals surface area (Å²) in [6.45, 7) is 4.51. The van der Waals surface area contributed by atoms with Crippen LogP contribution in [-0.2, 0) is 20.9 Å². The number of carbonyl (C=O) groups is 2. The number of aryl methyl sites for hydroxylation is 2. The maximum Gasteiger partial charge on any atom is 0.309 e. The molecule has 1 atom stereocenters. The standard InChI is InChI=1S/C20H21NO4/c1-13-8-9-15(14(2)10-13)12-21-16-6-4-5-7-17(16)25-18(20(21)23)11-19(22)24-3/h4-10,18H,11-12H2,1-3H3/t18-/m1/s1. The number of nitrogens with zero attached hydrogens (tertiary/aromatic N) is 1. The van der Waals surface area contributed by atoms with E-state index in [-0.39, 0.29) is 12.3 Å². The van der Waals surface area contributed by atoms with Crippen LogP contribution >= 0.6 is 0 Å². The molecule has 0 saturated heterocycles. The fourth-order valence-electron chi connectivity index (χ4n) is 3.00. The third-order valence-corrected chi connectivity index (χ3v) is 4.37. The minimum Gasteiger partial charge on any atom is -0.478 e. The molecular weight excluding hydrogens is 318 g/mol. The van der Waals surface area contributed by atoms with Crippen molar-refractivity contribution >= 4 is 17.6 Å². The number of hydrogen-bond donors (Lipinski definition) is 0. The molecule has 5 heteroatoms. The Balaban J connectivity index is 1.94. The van der Waals surface area contributed by atoms with Crippen LogP contribution in [0.25, 0.3) is 0 Å². The van der Waals surface area contributed by atoms with E-state index in [1.807, 2.05) is 44.2 Å². The first-order valence-electron chi connectivity index (χ1n) is 8.19. The lowest BCUT2D eigenvalue weighted by Gasteiger charge is -2.34. The molecule has 1 amide bonds. The number of carbonyl (C=O) groups excluding carboxylic acids is 2. The van der Waals surface area contributed by atoms with Crippen LogP contribution in [-0.4, -0.2) is 25.1 Å². The molecule has 1 aliphatic rings. The van der Waals surface area contributed by atoms with Crippen molar-refractivity contribution < 1.29 is 19.1 Å². The van der Waals surface area contributed by atoms with Gasteiger partial charge >= 0.3 is 5.97 Å². The van der Waals surface area contributed by atoms with Crippen molar-refractivity contribution in [2.45, 2.75) is 32.9 Å². The SMILES string of the molecule is COC(=O)C[C@H]1Oc2ccccc2N(Cc2ccc(C)cc2C)C1=O. The van der Waals surface area contributed by atoms with Gasteiger partial charge in [0.2, 0.25) is 0 Å². The number of rotatable bonds is 4. The molecule has 25 heavy (non-hydrogen) atoms. The molecule has 1 aliphatic heterocycles. The fraction of sp³-hybridized carbons (Fsp3) is 0.300. The molecule has 0 aromatic heterocycles. The van der Waals surface area contributed by atoms with E-state index in [1.165, 1.54) is 12.7 Å². The average molecular weight is 339 g/mol. The number of benzene rings is 2. The molecule has 0 unspecified atom stereocenters. The maximum atomic E-state index is 12.9. The number of hydrogen-bond acceptors (Lipinski definition) is 4. The normalized spacial score (nSPS) is 16.2. The summed E-state index contributed by atoms with van der Waals surface area (Å²) in [7, 11) is 1.30. The molecule has 130 valence electrons. The van der Waals surface area contributed by atoms with Crippen LogP contribution in [0.4, 0.5) is 5.69 Å². The van der Waals surface area contributed by atoms with Gasteiger partial charge in [-0.2, -0.15) is 0 Å².